The predicted octanol–water partition coefficient (Wildman–Crippen LogP) is 0.536. The molecule has 0 aliphatic carbocycles. The molecule has 0 saturated heterocycles. The maximum atomic E-state index is 11.8. The van der Waals surface area contributed by atoms with E-state index >= 15 is 0 Å². The van der Waals surface area contributed by atoms with E-state index in [1.165, 1.54) is 4.90 Å². The highest BCUT2D eigenvalue weighted by atomic mass is 16.5. The third-order valence-electron chi connectivity index (χ3n) is 2.66. The zero-order valence-electron chi connectivity index (χ0n) is 8.54. The van der Waals surface area contributed by atoms with Crippen molar-refractivity contribution in [1.29, 1.82) is 0 Å². The van der Waals surface area contributed by atoms with Gasteiger partial charge in [0, 0.05) is 26.6 Å². The average molecular weight is 194 g/mol. The molecule has 2 aliphatic rings. The number of carbonyl (C=O) groups is 1. The quantitative estimate of drug-likeness (QED) is 0.564. The third kappa shape index (κ3) is 1.32. The van der Waals surface area contributed by atoms with Gasteiger partial charge in [0.2, 0.25) is 0 Å². The van der Waals surface area contributed by atoms with Crippen LogP contribution in [0.2, 0.25) is 0 Å². The lowest BCUT2D eigenvalue weighted by Gasteiger charge is -2.34. The Kier molecular flexibility index (Phi) is 2.07. The van der Waals surface area contributed by atoms with Gasteiger partial charge in [0.15, 0.2) is 5.88 Å². The third-order valence-corrected chi connectivity index (χ3v) is 2.66. The Bertz CT molecular complexity index is 333. The van der Waals surface area contributed by atoms with Crippen LogP contribution in [-0.4, -0.2) is 42.9 Å². The maximum absolute atomic E-state index is 11.8. The average Bonchev–Trinajstić information content (AvgIpc) is 2.16. The number of likely N-dealkylation sites (N-methyl/N-ethyl adjacent to an activating group) is 2. The molecule has 76 valence electrons. The van der Waals surface area contributed by atoms with Crippen LogP contribution in [0.25, 0.3) is 0 Å². The van der Waals surface area contributed by atoms with Crippen LogP contribution < -0.4 is 0 Å². The first kappa shape index (κ1) is 9.27. The minimum absolute atomic E-state index is 0.0165. The van der Waals surface area contributed by atoms with E-state index in [4.69, 9.17) is 4.74 Å². The van der Waals surface area contributed by atoms with E-state index in [1.54, 1.807) is 7.05 Å². The number of amides is 1. The van der Waals surface area contributed by atoms with Crippen LogP contribution >= 0.6 is 0 Å². The molecule has 2 heterocycles. The molecule has 0 aromatic carbocycles. The fourth-order valence-electron chi connectivity index (χ4n) is 1.71. The lowest BCUT2D eigenvalue weighted by Crippen LogP contribution is -2.41. The number of carbonyl (C=O) groups excluding carboxylic acids is 1. The summed E-state index contributed by atoms with van der Waals surface area (Å²) in [5.41, 5.74) is 0.772. The molecule has 0 bridgehead atoms. The lowest BCUT2D eigenvalue weighted by molar-refractivity contribution is -0.128. The van der Waals surface area contributed by atoms with Crippen LogP contribution in [0.5, 0.6) is 0 Å². The van der Waals surface area contributed by atoms with E-state index in [2.05, 4.69) is 11.5 Å². The molecular weight excluding hydrogens is 180 g/mol. The molecule has 0 aromatic rings. The van der Waals surface area contributed by atoms with Crippen molar-refractivity contribution in [3.8, 4) is 0 Å². The summed E-state index contributed by atoms with van der Waals surface area (Å²) in [7, 11) is 3.68. The minimum atomic E-state index is 0.0165. The first-order chi connectivity index (χ1) is 6.59. The van der Waals surface area contributed by atoms with Gasteiger partial charge in [-0.1, -0.05) is 0 Å². The molecular formula is C10H14N2O2. The molecule has 0 N–H and O–H groups in total. The van der Waals surface area contributed by atoms with E-state index in [1.807, 2.05) is 7.05 Å². The molecule has 0 unspecified atom stereocenters. The first-order valence-corrected chi connectivity index (χ1v) is 4.65. The van der Waals surface area contributed by atoms with Crippen molar-refractivity contribution in [3.05, 3.63) is 23.8 Å². The number of rotatable bonds is 0. The van der Waals surface area contributed by atoms with Crippen molar-refractivity contribution in [1.82, 2.24) is 9.80 Å². The zero-order chi connectivity index (χ0) is 10.3. The minimum Gasteiger partial charge on any atom is -0.445 e. The Hall–Kier alpha value is -1.29. The summed E-state index contributed by atoms with van der Waals surface area (Å²) in [6.07, 6.45) is 0.796. The normalized spacial score (nSPS) is 23.7. The highest BCUT2D eigenvalue weighted by molar-refractivity contribution is 5.96. The molecule has 0 spiro atoms. The maximum Gasteiger partial charge on any atom is 0.260 e. The van der Waals surface area contributed by atoms with E-state index < -0.39 is 0 Å². The lowest BCUT2D eigenvalue weighted by atomic mass is 10.1. The largest absolute Gasteiger partial charge is 0.445 e. The highest BCUT2D eigenvalue weighted by Gasteiger charge is 2.31. The van der Waals surface area contributed by atoms with Crippen molar-refractivity contribution < 1.29 is 9.53 Å². The summed E-state index contributed by atoms with van der Waals surface area (Å²) < 4.78 is 5.48. The summed E-state index contributed by atoms with van der Waals surface area (Å²) in [6.45, 7) is 5.30. The molecule has 2 rings (SSSR count). The summed E-state index contributed by atoms with van der Waals surface area (Å²) in [4.78, 5) is 15.4. The van der Waals surface area contributed by atoms with E-state index in [9.17, 15) is 4.79 Å². The van der Waals surface area contributed by atoms with Crippen LogP contribution in [-0.2, 0) is 9.53 Å². The van der Waals surface area contributed by atoms with Crippen molar-refractivity contribution in [2.75, 3.05) is 27.2 Å². The second-order valence-electron chi connectivity index (χ2n) is 3.75. The molecule has 0 saturated carbocycles. The van der Waals surface area contributed by atoms with Gasteiger partial charge in [-0.2, -0.15) is 0 Å². The number of hydrogen-bond donors (Lipinski definition) is 0. The fraction of sp³-hybridized carbons (Fsp3) is 0.500. The summed E-state index contributed by atoms with van der Waals surface area (Å²) in [5.74, 6) is 1.25. The van der Waals surface area contributed by atoms with Crippen LogP contribution in [0.1, 0.15) is 6.42 Å². The standard InChI is InChI=1S/C10H14N2O2/c1-7-12(3)10(13)8-6-11(2)5-4-9(8)14-7/h1,4-6H2,2-3H3. The summed E-state index contributed by atoms with van der Waals surface area (Å²) in [6, 6.07) is 0. The Morgan fingerprint density at radius 2 is 2.14 bits per heavy atom. The Labute approximate surface area is 83.4 Å². The number of ether oxygens (including phenoxy) is 1. The van der Waals surface area contributed by atoms with Gasteiger partial charge in [0.1, 0.15) is 5.76 Å². The van der Waals surface area contributed by atoms with E-state index in [0.717, 1.165) is 24.3 Å². The first-order valence-electron chi connectivity index (χ1n) is 4.65. The molecule has 0 aromatic heterocycles. The van der Waals surface area contributed by atoms with Gasteiger partial charge < -0.3 is 9.64 Å². The highest BCUT2D eigenvalue weighted by Crippen LogP contribution is 2.27. The van der Waals surface area contributed by atoms with Gasteiger partial charge in [-0.25, -0.2) is 0 Å². The Balaban J connectivity index is 2.34. The van der Waals surface area contributed by atoms with Crippen molar-refractivity contribution in [2.24, 2.45) is 0 Å². The topological polar surface area (TPSA) is 32.8 Å². The monoisotopic (exact) mass is 194 g/mol. The van der Waals surface area contributed by atoms with Gasteiger partial charge in [-0.15, -0.1) is 0 Å². The molecule has 14 heavy (non-hydrogen) atoms. The second kappa shape index (κ2) is 3.13. The molecule has 0 fully saturated rings. The van der Waals surface area contributed by atoms with Gasteiger partial charge in [0.05, 0.1) is 5.57 Å². The van der Waals surface area contributed by atoms with E-state index in [-0.39, 0.29) is 5.91 Å². The van der Waals surface area contributed by atoms with Gasteiger partial charge >= 0.3 is 0 Å². The Morgan fingerprint density at radius 1 is 1.43 bits per heavy atom. The van der Waals surface area contributed by atoms with Crippen LogP contribution in [0, 0.1) is 0 Å². The zero-order valence-corrected chi connectivity index (χ0v) is 8.54. The van der Waals surface area contributed by atoms with Crippen LogP contribution in [0.3, 0.4) is 0 Å². The predicted molar refractivity (Wildman–Crippen MR) is 52.1 cm³/mol. The van der Waals surface area contributed by atoms with Crippen LogP contribution in [0.4, 0.5) is 0 Å². The van der Waals surface area contributed by atoms with Gasteiger partial charge in [0.25, 0.3) is 5.91 Å². The molecule has 4 nitrogen and oxygen atoms in total. The van der Waals surface area contributed by atoms with Crippen LogP contribution in [0.15, 0.2) is 23.8 Å². The van der Waals surface area contributed by atoms with E-state index in [0.29, 0.717) is 12.4 Å². The molecule has 0 radical (unpaired) electrons. The van der Waals surface area contributed by atoms with Crippen molar-refractivity contribution in [2.45, 2.75) is 6.42 Å². The summed E-state index contributed by atoms with van der Waals surface area (Å²) >= 11 is 0. The molecule has 0 atom stereocenters. The molecule has 2 aliphatic heterocycles. The number of hydrogen-bond acceptors (Lipinski definition) is 3. The van der Waals surface area contributed by atoms with Gasteiger partial charge in [-0.05, 0) is 13.6 Å². The number of nitrogens with zero attached hydrogens (tertiary/aromatic N) is 2. The van der Waals surface area contributed by atoms with Crippen molar-refractivity contribution in [3.63, 3.8) is 0 Å². The summed E-state index contributed by atoms with van der Waals surface area (Å²) in [5, 5.41) is 0. The molecule has 1 amide bonds. The molecule has 4 heteroatoms. The van der Waals surface area contributed by atoms with Crippen molar-refractivity contribution >= 4 is 5.91 Å². The van der Waals surface area contributed by atoms with Gasteiger partial charge in [-0.3, -0.25) is 9.69 Å². The smallest absolute Gasteiger partial charge is 0.260 e. The SMILES string of the molecule is C=C1OC2=C(CN(C)CC2)C(=O)N1C. The second-order valence-corrected chi connectivity index (χ2v) is 3.75. The Morgan fingerprint density at radius 3 is 2.86 bits per heavy atom. The fourth-order valence-corrected chi connectivity index (χ4v) is 1.71.